The van der Waals surface area contributed by atoms with Crippen molar-refractivity contribution in [2.24, 2.45) is 0 Å². The Kier molecular flexibility index (Phi) is 15.1. The van der Waals surface area contributed by atoms with Gasteiger partial charge in [-0.15, -0.1) is 0 Å². The third kappa shape index (κ3) is 10.9. The smallest absolute Gasteiger partial charge is 0.187 e. The van der Waals surface area contributed by atoms with Crippen molar-refractivity contribution in [1.29, 1.82) is 0 Å². The molecule has 8 rings (SSSR count). The largest absolute Gasteiger partial charge is 0.394 e. The van der Waals surface area contributed by atoms with Gasteiger partial charge in [0.25, 0.3) is 0 Å². The Morgan fingerprint density at radius 2 is 1.02 bits per heavy atom. The zero-order valence-corrected chi connectivity index (χ0v) is 33.8. The number of aliphatic hydroxyl groups excluding tert-OH is 1. The van der Waals surface area contributed by atoms with E-state index in [2.05, 4.69) is 0 Å². The minimum absolute atomic E-state index is 0.168. The number of ether oxygens (including phenoxy) is 10. The topological polar surface area (TPSA) is 113 Å². The van der Waals surface area contributed by atoms with E-state index in [0.29, 0.717) is 13.2 Å². The van der Waals surface area contributed by atoms with Crippen molar-refractivity contribution >= 4 is 0 Å². The van der Waals surface area contributed by atoms with E-state index in [-0.39, 0.29) is 39.6 Å². The molecule has 2 saturated heterocycles. The molecule has 0 saturated carbocycles. The van der Waals surface area contributed by atoms with Crippen molar-refractivity contribution in [3.63, 3.8) is 0 Å². The van der Waals surface area contributed by atoms with E-state index >= 15 is 0 Å². The zero-order valence-electron chi connectivity index (χ0n) is 33.8. The molecule has 0 unspecified atom stereocenters. The highest BCUT2D eigenvalue weighted by atomic mass is 16.8. The van der Waals surface area contributed by atoms with E-state index in [9.17, 15) is 5.11 Å². The van der Waals surface area contributed by atoms with Crippen molar-refractivity contribution in [1.82, 2.24) is 0 Å². The quantitative estimate of drug-likeness (QED) is 0.126. The summed E-state index contributed by atoms with van der Waals surface area (Å²) in [6, 6.07) is 47.9. The van der Waals surface area contributed by atoms with E-state index in [4.69, 9.17) is 47.4 Å². The van der Waals surface area contributed by atoms with Crippen LogP contribution >= 0.6 is 0 Å². The van der Waals surface area contributed by atoms with Crippen molar-refractivity contribution in [2.75, 3.05) is 20.3 Å². The van der Waals surface area contributed by atoms with Gasteiger partial charge in [-0.05, 0) is 33.4 Å². The van der Waals surface area contributed by atoms with Crippen LogP contribution in [-0.4, -0.2) is 86.8 Å². The fraction of sp³-hybridized carbons (Fsp3) is 0.388. The Balaban J connectivity index is 1.21. The molecule has 5 aromatic carbocycles. The summed E-state index contributed by atoms with van der Waals surface area (Å²) in [5.74, 6) is 0. The summed E-state index contributed by atoms with van der Waals surface area (Å²) in [6.07, 6.45) is -8.22. The van der Waals surface area contributed by atoms with Gasteiger partial charge in [0, 0.05) is 7.11 Å². The molecular formula is C49H54O11. The first-order chi connectivity index (χ1) is 29.6. The fourth-order valence-electron chi connectivity index (χ4n) is 7.95. The Morgan fingerprint density at radius 1 is 0.517 bits per heavy atom. The molecule has 10 atom stereocenters. The van der Waals surface area contributed by atoms with Crippen LogP contribution in [0.3, 0.4) is 0 Å². The molecule has 0 aliphatic carbocycles. The molecule has 11 nitrogen and oxygen atoms in total. The number of methoxy groups -OCH3 is 1. The Hall–Kier alpha value is -4.34. The van der Waals surface area contributed by atoms with Crippen molar-refractivity contribution in [3.8, 4) is 0 Å². The third-order valence-corrected chi connectivity index (χ3v) is 11.0. The summed E-state index contributed by atoms with van der Waals surface area (Å²) in [5.41, 5.74) is 5.80. The Morgan fingerprint density at radius 3 is 1.55 bits per heavy atom. The van der Waals surface area contributed by atoms with Gasteiger partial charge >= 0.3 is 0 Å². The van der Waals surface area contributed by atoms with Gasteiger partial charge < -0.3 is 52.5 Å². The van der Waals surface area contributed by atoms with Crippen LogP contribution in [0.25, 0.3) is 0 Å². The van der Waals surface area contributed by atoms with E-state index in [1.807, 2.05) is 146 Å². The molecule has 1 N–H and O–H groups in total. The van der Waals surface area contributed by atoms with Crippen LogP contribution in [0.15, 0.2) is 146 Å². The minimum Gasteiger partial charge on any atom is -0.394 e. The number of hydrogen-bond acceptors (Lipinski definition) is 11. The zero-order chi connectivity index (χ0) is 40.9. The van der Waals surface area contributed by atoms with Gasteiger partial charge in [-0.3, -0.25) is 0 Å². The van der Waals surface area contributed by atoms with Crippen LogP contribution in [0.1, 0.15) is 33.4 Å². The molecule has 0 spiro atoms. The summed E-state index contributed by atoms with van der Waals surface area (Å²) in [4.78, 5) is 0. The fourth-order valence-corrected chi connectivity index (χ4v) is 7.95. The highest BCUT2D eigenvalue weighted by molar-refractivity contribution is 5.23. The SMILES string of the molecule is CO[C@H]1O[C@H](CO)[C@@H]2OCc3cccc(c3)COC[C@H]3O[C@@H](O[C@@H]2[C@H]1OCc1ccccc1)[C@H](OCc1ccccc1)[C@@H](OCc1ccccc1)[C@@H]3OCc1ccccc1. The van der Waals surface area contributed by atoms with Gasteiger partial charge in [0.15, 0.2) is 12.6 Å². The third-order valence-electron chi connectivity index (χ3n) is 11.0. The normalized spacial score (nSPS) is 28.3. The molecule has 0 amide bonds. The number of fused-ring (bicyclic) bond motifs is 5. The molecular weight excluding hydrogens is 765 g/mol. The van der Waals surface area contributed by atoms with Gasteiger partial charge in [0.05, 0.1) is 52.9 Å². The second-order valence-corrected chi connectivity index (χ2v) is 15.3. The highest BCUT2D eigenvalue weighted by Crippen LogP contribution is 2.37. The molecule has 3 aliphatic rings. The van der Waals surface area contributed by atoms with Gasteiger partial charge in [0.2, 0.25) is 0 Å². The van der Waals surface area contributed by atoms with E-state index in [1.54, 1.807) is 7.11 Å². The maximum Gasteiger partial charge on any atom is 0.187 e. The number of aliphatic hydroxyl groups is 1. The van der Waals surface area contributed by atoms with Crippen molar-refractivity contribution in [2.45, 2.75) is 101 Å². The second-order valence-electron chi connectivity index (χ2n) is 15.3. The van der Waals surface area contributed by atoms with Gasteiger partial charge in [-0.2, -0.15) is 0 Å². The predicted molar refractivity (Wildman–Crippen MR) is 221 cm³/mol. The molecule has 4 bridgehead atoms. The first-order valence-electron chi connectivity index (χ1n) is 20.6. The number of hydrogen-bond donors (Lipinski definition) is 1. The van der Waals surface area contributed by atoms with Crippen LogP contribution in [-0.2, 0) is 87.0 Å². The first-order valence-corrected chi connectivity index (χ1v) is 20.6. The van der Waals surface area contributed by atoms with E-state index in [0.717, 1.165) is 33.4 Å². The lowest BCUT2D eigenvalue weighted by atomic mass is 9.95. The summed E-state index contributed by atoms with van der Waals surface area (Å²) >= 11 is 0. The van der Waals surface area contributed by atoms with Crippen LogP contribution in [0.4, 0.5) is 0 Å². The van der Waals surface area contributed by atoms with Crippen molar-refractivity contribution < 1.29 is 52.5 Å². The van der Waals surface area contributed by atoms with E-state index < -0.39 is 61.4 Å². The lowest BCUT2D eigenvalue weighted by Gasteiger charge is -2.50. The van der Waals surface area contributed by atoms with Gasteiger partial charge in [-0.1, -0.05) is 146 Å². The molecule has 2 fully saturated rings. The van der Waals surface area contributed by atoms with Crippen LogP contribution < -0.4 is 0 Å². The molecule has 60 heavy (non-hydrogen) atoms. The van der Waals surface area contributed by atoms with E-state index in [1.165, 1.54) is 0 Å². The summed E-state index contributed by atoms with van der Waals surface area (Å²) < 4.78 is 67.1. The maximum absolute atomic E-state index is 10.8. The lowest BCUT2D eigenvalue weighted by Crippen LogP contribution is -2.66. The maximum atomic E-state index is 10.8. The Bertz CT molecular complexity index is 1990. The molecule has 3 heterocycles. The predicted octanol–water partition coefficient (Wildman–Crippen LogP) is 6.92. The number of benzene rings is 5. The average Bonchev–Trinajstić information content (AvgIpc) is 3.30. The van der Waals surface area contributed by atoms with Crippen LogP contribution in [0.5, 0.6) is 0 Å². The molecule has 5 aromatic rings. The summed E-state index contributed by atoms with van der Waals surface area (Å²) in [7, 11) is 1.55. The van der Waals surface area contributed by atoms with Gasteiger partial charge in [-0.25, -0.2) is 0 Å². The monoisotopic (exact) mass is 818 g/mol. The second kappa shape index (κ2) is 21.4. The van der Waals surface area contributed by atoms with Crippen LogP contribution in [0, 0.1) is 0 Å². The Labute approximate surface area is 352 Å². The molecule has 316 valence electrons. The average molecular weight is 819 g/mol. The summed E-state index contributed by atoms with van der Waals surface area (Å²) in [5, 5.41) is 10.8. The number of rotatable bonds is 14. The highest BCUT2D eigenvalue weighted by Gasteiger charge is 2.54. The molecule has 3 aliphatic heterocycles. The van der Waals surface area contributed by atoms with Crippen molar-refractivity contribution in [3.05, 3.63) is 179 Å². The van der Waals surface area contributed by atoms with Gasteiger partial charge in [0.1, 0.15) is 48.8 Å². The molecule has 0 aromatic heterocycles. The lowest BCUT2D eigenvalue weighted by molar-refractivity contribution is -0.377. The molecule has 11 heteroatoms. The first kappa shape index (κ1) is 42.4. The standard InChI is InChI=1S/C49H54O11/c1-51-48-47(57-31-37-21-12-5-13-22-37)45-42(40(26-50)58-48)54-32-39-24-14-23-38(25-39)27-52-33-41-43(53-28-34-15-6-2-7-16-34)44(55-29-35-17-8-3-9-18-35)46(49(59-41)60-45)56-30-36-19-10-4-11-20-36/h2-25,40-50H,26-33H2,1H3/t40-,41-,42+,43-,44+,45+,46-,47-,48+,49+/m1/s1. The van der Waals surface area contributed by atoms with Crippen LogP contribution in [0.2, 0.25) is 0 Å². The minimum atomic E-state index is -1.06. The summed E-state index contributed by atoms with van der Waals surface area (Å²) in [6.45, 7) is 1.40. The molecule has 0 radical (unpaired) electrons.